The van der Waals surface area contributed by atoms with Gasteiger partial charge in [0.05, 0.1) is 4.92 Å². The van der Waals surface area contributed by atoms with E-state index in [2.05, 4.69) is 9.80 Å². The Hall–Kier alpha value is -1.74. The maximum atomic E-state index is 10.8. The molecule has 0 aliphatic carbocycles. The number of phenols is 1. The minimum atomic E-state index is -0.448. The molecule has 1 aliphatic heterocycles. The molecule has 128 valence electrons. The summed E-state index contributed by atoms with van der Waals surface area (Å²) >= 11 is 0. The molecule has 8 heteroatoms. The zero-order valence-electron chi connectivity index (χ0n) is 13.5. The van der Waals surface area contributed by atoms with E-state index in [-0.39, 0.29) is 17.7 Å². The molecule has 2 rings (SSSR count). The number of methoxy groups -OCH3 is 2. The van der Waals surface area contributed by atoms with Gasteiger partial charge in [-0.1, -0.05) is 0 Å². The van der Waals surface area contributed by atoms with Gasteiger partial charge in [0.2, 0.25) is 0 Å². The van der Waals surface area contributed by atoms with E-state index < -0.39 is 4.92 Å². The van der Waals surface area contributed by atoms with Gasteiger partial charge in [0.1, 0.15) is 5.75 Å². The number of aromatic hydroxyl groups is 1. The molecule has 8 nitrogen and oxygen atoms in total. The molecule has 1 aromatic carbocycles. The molecule has 0 saturated carbocycles. The fraction of sp³-hybridized carbons (Fsp3) is 0.600. The van der Waals surface area contributed by atoms with Crippen LogP contribution in [0, 0.1) is 10.1 Å². The molecule has 1 aliphatic rings. The third kappa shape index (κ3) is 4.87. The second-order valence-electron chi connectivity index (χ2n) is 5.55. The van der Waals surface area contributed by atoms with Gasteiger partial charge in [0.15, 0.2) is 6.29 Å². The van der Waals surface area contributed by atoms with Crippen LogP contribution in [0.25, 0.3) is 0 Å². The molecule has 0 unspecified atom stereocenters. The lowest BCUT2D eigenvalue weighted by Gasteiger charge is -2.35. The third-order valence-corrected chi connectivity index (χ3v) is 4.07. The van der Waals surface area contributed by atoms with Crippen LogP contribution >= 0.6 is 0 Å². The van der Waals surface area contributed by atoms with Gasteiger partial charge in [-0.3, -0.25) is 19.9 Å². The van der Waals surface area contributed by atoms with Crippen LogP contribution in [0.4, 0.5) is 5.69 Å². The zero-order chi connectivity index (χ0) is 16.8. The van der Waals surface area contributed by atoms with Gasteiger partial charge < -0.3 is 14.6 Å². The van der Waals surface area contributed by atoms with Gasteiger partial charge in [-0.05, 0) is 6.07 Å². The Bertz CT molecular complexity index is 528. The summed E-state index contributed by atoms with van der Waals surface area (Å²) in [6.07, 6.45) is -0.234. The average molecular weight is 325 g/mol. The quantitative estimate of drug-likeness (QED) is 0.455. The van der Waals surface area contributed by atoms with Crippen LogP contribution in [0.2, 0.25) is 0 Å². The van der Waals surface area contributed by atoms with E-state index in [0.717, 1.165) is 26.2 Å². The number of ether oxygens (including phenoxy) is 2. The molecule has 0 amide bonds. The first kappa shape index (κ1) is 17.6. The van der Waals surface area contributed by atoms with Crippen molar-refractivity contribution in [1.29, 1.82) is 0 Å². The van der Waals surface area contributed by atoms with Crippen LogP contribution < -0.4 is 0 Å². The van der Waals surface area contributed by atoms with Gasteiger partial charge in [-0.2, -0.15) is 0 Å². The predicted octanol–water partition coefficient (Wildman–Crippen LogP) is 1.04. The zero-order valence-corrected chi connectivity index (χ0v) is 13.5. The number of hydrogen-bond acceptors (Lipinski definition) is 7. The molecule has 0 radical (unpaired) electrons. The Morgan fingerprint density at radius 3 is 2.39 bits per heavy atom. The first-order valence-electron chi connectivity index (χ1n) is 7.50. The number of phenolic OH excluding ortho intramolecular Hbond substituents is 1. The number of nitrogens with zero attached hydrogens (tertiary/aromatic N) is 3. The van der Waals surface area contributed by atoms with Crippen molar-refractivity contribution in [3.8, 4) is 5.75 Å². The third-order valence-electron chi connectivity index (χ3n) is 4.07. The van der Waals surface area contributed by atoms with E-state index in [9.17, 15) is 15.2 Å². The van der Waals surface area contributed by atoms with Crippen molar-refractivity contribution in [2.24, 2.45) is 0 Å². The fourth-order valence-electron chi connectivity index (χ4n) is 2.64. The van der Waals surface area contributed by atoms with Crippen LogP contribution in [0.3, 0.4) is 0 Å². The van der Waals surface area contributed by atoms with Crippen molar-refractivity contribution in [1.82, 2.24) is 9.80 Å². The summed E-state index contributed by atoms with van der Waals surface area (Å²) in [4.78, 5) is 14.8. The van der Waals surface area contributed by atoms with Crippen molar-refractivity contribution in [3.05, 3.63) is 33.9 Å². The second-order valence-corrected chi connectivity index (χ2v) is 5.55. The first-order chi connectivity index (χ1) is 11.0. The Labute approximate surface area is 135 Å². The molecule has 1 fully saturated rings. The molecule has 0 spiro atoms. The number of non-ortho nitro benzene ring substituents is 1. The second kappa shape index (κ2) is 8.21. The van der Waals surface area contributed by atoms with Crippen LogP contribution in [0.15, 0.2) is 18.2 Å². The lowest BCUT2D eigenvalue weighted by atomic mass is 10.1. The SMILES string of the molecule is COC(CN1CCN(Cc2cc([N+](=O)[O-])ccc2O)CC1)OC. The molecule has 1 N–H and O–H groups in total. The molecule has 0 atom stereocenters. The van der Waals surface area contributed by atoms with E-state index >= 15 is 0 Å². The van der Waals surface area contributed by atoms with Crippen molar-refractivity contribution in [2.75, 3.05) is 46.9 Å². The van der Waals surface area contributed by atoms with E-state index in [1.807, 2.05) is 0 Å². The number of hydrogen-bond donors (Lipinski definition) is 1. The molecule has 0 aromatic heterocycles. The van der Waals surface area contributed by atoms with E-state index in [0.29, 0.717) is 18.7 Å². The highest BCUT2D eigenvalue weighted by molar-refractivity contribution is 5.42. The molecule has 1 aromatic rings. The standard InChI is InChI=1S/C15H23N3O5/c1-22-15(23-2)11-17-7-5-16(6-8-17)10-12-9-13(18(20)21)3-4-14(12)19/h3-4,9,15,19H,5-8,10-11H2,1-2H3. The summed E-state index contributed by atoms with van der Waals surface area (Å²) in [6, 6.07) is 4.13. The minimum Gasteiger partial charge on any atom is -0.508 e. The van der Waals surface area contributed by atoms with Gasteiger partial charge in [-0.25, -0.2) is 0 Å². The predicted molar refractivity (Wildman–Crippen MR) is 84.3 cm³/mol. The first-order valence-corrected chi connectivity index (χ1v) is 7.50. The normalized spacial score (nSPS) is 16.8. The van der Waals surface area contributed by atoms with E-state index in [1.54, 1.807) is 14.2 Å². The lowest BCUT2D eigenvalue weighted by molar-refractivity contribution is -0.385. The Balaban J connectivity index is 1.89. The maximum Gasteiger partial charge on any atom is 0.270 e. The van der Waals surface area contributed by atoms with Crippen LogP contribution in [0.1, 0.15) is 5.56 Å². The van der Waals surface area contributed by atoms with E-state index in [4.69, 9.17) is 9.47 Å². The molecular weight excluding hydrogens is 302 g/mol. The summed E-state index contributed by atoms with van der Waals surface area (Å²) in [7, 11) is 3.24. The van der Waals surface area contributed by atoms with E-state index in [1.165, 1.54) is 18.2 Å². The average Bonchev–Trinajstić information content (AvgIpc) is 2.56. The monoisotopic (exact) mass is 325 g/mol. The molecule has 1 saturated heterocycles. The number of nitro groups is 1. The van der Waals surface area contributed by atoms with Crippen LogP contribution in [-0.2, 0) is 16.0 Å². The summed E-state index contributed by atoms with van der Waals surface area (Å²) in [5.41, 5.74) is 0.582. The smallest absolute Gasteiger partial charge is 0.270 e. The fourth-order valence-corrected chi connectivity index (χ4v) is 2.64. The Morgan fingerprint density at radius 1 is 1.22 bits per heavy atom. The van der Waals surface area contributed by atoms with Gasteiger partial charge >= 0.3 is 0 Å². The topological polar surface area (TPSA) is 88.3 Å². The van der Waals surface area contributed by atoms with Crippen LogP contribution in [-0.4, -0.2) is 73.1 Å². The van der Waals surface area contributed by atoms with Crippen molar-refractivity contribution < 1.29 is 19.5 Å². The van der Waals surface area contributed by atoms with Crippen molar-refractivity contribution >= 4 is 5.69 Å². The minimum absolute atomic E-state index is 0.000494. The summed E-state index contributed by atoms with van der Waals surface area (Å²) in [5, 5.41) is 20.7. The lowest BCUT2D eigenvalue weighted by Crippen LogP contribution is -2.48. The number of rotatable bonds is 7. The molecule has 23 heavy (non-hydrogen) atoms. The Kier molecular flexibility index (Phi) is 6.28. The molecule has 0 bridgehead atoms. The van der Waals surface area contributed by atoms with Crippen molar-refractivity contribution in [2.45, 2.75) is 12.8 Å². The highest BCUT2D eigenvalue weighted by Gasteiger charge is 2.21. The van der Waals surface area contributed by atoms with Gasteiger partial charge in [-0.15, -0.1) is 0 Å². The van der Waals surface area contributed by atoms with Gasteiger partial charge in [0, 0.05) is 71.2 Å². The summed E-state index contributed by atoms with van der Waals surface area (Å²) in [5.74, 6) is 0.0943. The number of piperazine rings is 1. The maximum absolute atomic E-state index is 10.8. The summed E-state index contributed by atoms with van der Waals surface area (Å²) < 4.78 is 10.4. The Morgan fingerprint density at radius 2 is 1.83 bits per heavy atom. The van der Waals surface area contributed by atoms with Crippen LogP contribution in [0.5, 0.6) is 5.75 Å². The molecular formula is C15H23N3O5. The number of nitro benzene ring substituents is 1. The highest BCUT2D eigenvalue weighted by Crippen LogP contribution is 2.24. The van der Waals surface area contributed by atoms with Crippen molar-refractivity contribution in [3.63, 3.8) is 0 Å². The molecule has 1 heterocycles. The van der Waals surface area contributed by atoms with Gasteiger partial charge in [0.25, 0.3) is 5.69 Å². The number of benzene rings is 1. The summed E-state index contributed by atoms with van der Waals surface area (Å²) in [6.45, 7) is 4.57. The largest absolute Gasteiger partial charge is 0.508 e. The highest BCUT2D eigenvalue weighted by atomic mass is 16.7.